The third-order valence-corrected chi connectivity index (χ3v) is 6.44. The molecule has 126 valence electrons. The van der Waals surface area contributed by atoms with Gasteiger partial charge in [0.15, 0.2) is 0 Å². The monoisotopic (exact) mass is 360 g/mol. The minimum absolute atomic E-state index is 0.0869. The van der Waals surface area contributed by atoms with Crippen LogP contribution in [0.5, 0.6) is 0 Å². The molecular weight excluding hydrogens is 340 g/mol. The highest BCUT2D eigenvalue weighted by Crippen LogP contribution is 2.40. The highest BCUT2D eigenvalue weighted by molar-refractivity contribution is 7.99. The smallest absolute Gasteiger partial charge is 0.250 e. The molecule has 2 aromatic rings. The summed E-state index contributed by atoms with van der Waals surface area (Å²) in [5, 5.41) is 2.07. The molecule has 24 heavy (non-hydrogen) atoms. The van der Waals surface area contributed by atoms with E-state index in [1.165, 1.54) is 4.88 Å². The van der Waals surface area contributed by atoms with E-state index in [9.17, 15) is 9.59 Å². The van der Waals surface area contributed by atoms with Crippen molar-refractivity contribution in [1.82, 2.24) is 9.47 Å². The van der Waals surface area contributed by atoms with E-state index in [1.807, 2.05) is 27.9 Å². The van der Waals surface area contributed by atoms with Gasteiger partial charge in [0.25, 0.3) is 5.56 Å². The molecule has 0 aliphatic carbocycles. The first kappa shape index (κ1) is 16.0. The fraction of sp³-hybridized carbons (Fsp3) is 0.444. The van der Waals surface area contributed by atoms with Gasteiger partial charge >= 0.3 is 0 Å². The first-order chi connectivity index (χ1) is 11.7. The lowest BCUT2D eigenvalue weighted by Gasteiger charge is -2.43. The van der Waals surface area contributed by atoms with Gasteiger partial charge in [0.1, 0.15) is 0 Å². The Bertz CT molecular complexity index is 813. The highest BCUT2D eigenvalue weighted by Gasteiger charge is 2.37. The van der Waals surface area contributed by atoms with Gasteiger partial charge in [-0.25, -0.2) is 0 Å². The predicted octanol–water partition coefficient (Wildman–Crippen LogP) is 2.89. The largest absolute Gasteiger partial charge is 0.341 e. The van der Waals surface area contributed by atoms with Crippen molar-refractivity contribution in [3.8, 4) is 10.4 Å². The van der Waals surface area contributed by atoms with Crippen molar-refractivity contribution in [3.05, 3.63) is 45.7 Å². The molecule has 2 atom stereocenters. The molecule has 2 unspecified atom stereocenters. The number of thioether (sulfide) groups is 1. The lowest BCUT2D eigenvalue weighted by Crippen LogP contribution is -2.49. The first-order valence-electron chi connectivity index (χ1n) is 8.21. The Labute approximate surface area is 149 Å². The molecule has 0 spiro atoms. The van der Waals surface area contributed by atoms with Crippen LogP contribution in [0.1, 0.15) is 18.0 Å². The second-order valence-corrected chi connectivity index (χ2v) is 8.40. The molecule has 0 radical (unpaired) electrons. The summed E-state index contributed by atoms with van der Waals surface area (Å²) in [5.41, 5.74) is 2.37. The maximum absolute atomic E-state index is 12.4. The second kappa shape index (κ2) is 6.41. The summed E-state index contributed by atoms with van der Waals surface area (Å²) in [6.07, 6.45) is 3.04. The lowest BCUT2D eigenvalue weighted by molar-refractivity contribution is -0.131. The number of nitrogens with zero attached hydrogens (tertiary/aromatic N) is 2. The molecule has 1 amide bonds. The Morgan fingerprint density at radius 1 is 1.29 bits per heavy atom. The summed E-state index contributed by atoms with van der Waals surface area (Å²) in [6.45, 7) is 2.25. The zero-order valence-corrected chi connectivity index (χ0v) is 15.2. The normalized spacial score (nSPS) is 22.3. The van der Waals surface area contributed by atoms with E-state index in [0.29, 0.717) is 11.7 Å². The summed E-state index contributed by atoms with van der Waals surface area (Å²) in [7, 11) is 0. The van der Waals surface area contributed by atoms with E-state index in [1.54, 1.807) is 29.2 Å². The molecule has 0 aromatic carbocycles. The zero-order chi connectivity index (χ0) is 16.7. The number of hydrogen-bond donors (Lipinski definition) is 0. The van der Waals surface area contributed by atoms with Crippen molar-refractivity contribution in [2.45, 2.75) is 18.9 Å². The van der Waals surface area contributed by atoms with Crippen molar-refractivity contribution in [1.29, 1.82) is 0 Å². The third-order valence-electron chi connectivity index (χ3n) is 5.00. The van der Waals surface area contributed by atoms with Crippen LogP contribution in [0, 0.1) is 5.92 Å². The molecule has 1 saturated heterocycles. The van der Waals surface area contributed by atoms with Crippen molar-refractivity contribution in [2.24, 2.45) is 5.92 Å². The summed E-state index contributed by atoms with van der Waals surface area (Å²) < 4.78 is 1.96. The second-order valence-electron chi connectivity index (χ2n) is 6.59. The fourth-order valence-corrected chi connectivity index (χ4v) is 5.26. The van der Waals surface area contributed by atoms with Crippen molar-refractivity contribution >= 4 is 29.0 Å². The van der Waals surface area contributed by atoms with Gasteiger partial charge in [0.2, 0.25) is 5.91 Å². The highest BCUT2D eigenvalue weighted by atomic mass is 32.2. The molecule has 0 saturated carbocycles. The molecule has 4 rings (SSSR count). The van der Waals surface area contributed by atoms with E-state index in [4.69, 9.17) is 0 Å². The third kappa shape index (κ3) is 2.71. The maximum atomic E-state index is 12.4. The van der Waals surface area contributed by atoms with Gasteiger partial charge in [-0.05, 0) is 36.1 Å². The average molecular weight is 361 g/mol. The van der Waals surface area contributed by atoms with Gasteiger partial charge in [-0.3, -0.25) is 9.59 Å². The SMILES string of the molecule is CSCC(=O)N1CC2CC(C1)c1c(-c3cccs3)ccc(=O)n1C2. The van der Waals surface area contributed by atoms with Crippen LogP contribution in [-0.2, 0) is 11.3 Å². The molecule has 0 N–H and O–H groups in total. The van der Waals surface area contributed by atoms with Crippen LogP contribution in [-0.4, -0.2) is 40.5 Å². The topological polar surface area (TPSA) is 42.3 Å². The van der Waals surface area contributed by atoms with Crippen LogP contribution in [0.4, 0.5) is 0 Å². The standard InChI is InChI=1S/C18H20N2O2S2/c1-23-11-17(22)19-8-12-7-13(10-19)18-14(15-3-2-6-24-15)4-5-16(21)20(18)9-12/h2-6,12-13H,7-11H2,1H3. The van der Waals surface area contributed by atoms with Gasteiger partial charge in [0.05, 0.1) is 5.75 Å². The molecule has 6 heteroatoms. The van der Waals surface area contributed by atoms with Crippen LogP contribution in [0.2, 0.25) is 0 Å². The molecule has 2 aromatic heterocycles. The molecule has 4 nitrogen and oxygen atoms in total. The predicted molar refractivity (Wildman–Crippen MR) is 99.8 cm³/mol. The Balaban J connectivity index is 1.76. The number of thiophene rings is 1. The van der Waals surface area contributed by atoms with Gasteiger partial charge in [0, 0.05) is 47.8 Å². The van der Waals surface area contributed by atoms with Crippen LogP contribution in [0.15, 0.2) is 34.4 Å². The Kier molecular flexibility index (Phi) is 4.26. The molecule has 2 bridgehead atoms. The lowest BCUT2D eigenvalue weighted by atomic mass is 9.81. The summed E-state index contributed by atoms with van der Waals surface area (Å²) in [6, 6.07) is 7.80. The number of amides is 1. The number of pyridine rings is 1. The molecule has 2 aliphatic heterocycles. The average Bonchev–Trinajstić information content (AvgIpc) is 3.10. The van der Waals surface area contributed by atoms with Crippen LogP contribution in [0.25, 0.3) is 10.4 Å². The van der Waals surface area contributed by atoms with Crippen LogP contribution in [0.3, 0.4) is 0 Å². The van der Waals surface area contributed by atoms with E-state index in [2.05, 4.69) is 11.4 Å². The Hall–Kier alpha value is -1.53. The summed E-state index contributed by atoms with van der Waals surface area (Å²) in [5.74, 6) is 1.41. The number of hydrogen-bond acceptors (Lipinski definition) is 4. The Morgan fingerprint density at radius 2 is 2.17 bits per heavy atom. The molecule has 2 aliphatic rings. The molecule has 1 fully saturated rings. The van der Waals surface area contributed by atoms with Crippen molar-refractivity contribution in [2.75, 3.05) is 25.1 Å². The van der Waals surface area contributed by atoms with Gasteiger partial charge in [-0.15, -0.1) is 11.3 Å². The Morgan fingerprint density at radius 3 is 2.92 bits per heavy atom. The fourth-order valence-electron chi connectivity index (χ4n) is 4.07. The van der Waals surface area contributed by atoms with Crippen LogP contribution < -0.4 is 5.56 Å². The van der Waals surface area contributed by atoms with E-state index in [-0.39, 0.29) is 17.4 Å². The molecular formula is C18H20N2O2S2. The van der Waals surface area contributed by atoms with Gasteiger partial charge < -0.3 is 9.47 Å². The van der Waals surface area contributed by atoms with Crippen molar-refractivity contribution < 1.29 is 4.79 Å². The summed E-state index contributed by atoms with van der Waals surface area (Å²) >= 11 is 3.28. The van der Waals surface area contributed by atoms with Gasteiger partial charge in [-0.1, -0.05) is 6.07 Å². The minimum atomic E-state index is 0.0869. The van der Waals surface area contributed by atoms with E-state index >= 15 is 0 Å². The number of carbonyl (C=O) groups excluding carboxylic acids is 1. The summed E-state index contributed by atoms with van der Waals surface area (Å²) in [4.78, 5) is 28.0. The zero-order valence-electron chi connectivity index (χ0n) is 13.6. The maximum Gasteiger partial charge on any atom is 0.250 e. The van der Waals surface area contributed by atoms with Crippen molar-refractivity contribution in [3.63, 3.8) is 0 Å². The first-order valence-corrected chi connectivity index (χ1v) is 10.5. The van der Waals surface area contributed by atoms with Gasteiger partial charge in [-0.2, -0.15) is 11.8 Å². The van der Waals surface area contributed by atoms with Crippen LogP contribution >= 0.6 is 23.1 Å². The number of aromatic nitrogens is 1. The quantitative estimate of drug-likeness (QED) is 0.845. The van der Waals surface area contributed by atoms with E-state index < -0.39 is 0 Å². The number of piperidine rings is 1. The number of carbonyl (C=O) groups is 1. The number of rotatable bonds is 3. The minimum Gasteiger partial charge on any atom is -0.341 e. The number of likely N-dealkylation sites (tertiary alicyclic amines) is 1. The molecule has 4 heterocycles. The van der Waals surface area contributed by atoms with E-state index in [0.717, 1.165) is 37.3 Å². The number of fused-ring (bicyclic) bond motifs is 4.